The van der Waals surface area contributed by atoms with Gasteiger partial charge in [0.1, 0.15) is 5.75 Å². The first-order valence-corrected chi connectivity index (χ1v) is 9.16. The van der Waals surface area contributed by atoms with Crippen LogP contribution >= 0.6 is 0 Å². The first-order chi connectivity index (χ1) is 12.5. The maximum Gasteiger partial charge on any atom is 0.303 e. The van der Waals surface area contributed by atoms with Crippen LogP contribution in [0.2, 0.25) is 0 Å². The second kappa shape index (κ2) is 9.27. The molecule has 2 rings (SSSR count). The molecule has 1 aromatic heterocycles. The van der Waals surface area contributed by atoms with Crippen LogP contribution < -0.4 is 10.1 Å². The van der Waals surface area contributed by atoms with E-state index >= 15 is 0 Å². The summed E-state index contributed by atoms with van der Waals surface area (Å²) in [4.78, 5) is 23.3. The second-order valence-corrected chi connectivity index (χ2v) is 6.46. The smallest absolute Gasteiger partial charge is 0.303 e. The van der Waals surface area contributed by atoms with Crippen molar-refractivity contribution in [3.63, 3.8) is 0 Å². The number of carboxylic acids is 1. The number of ether oxygens (including phenoxy) is 1. The fourth-order valence-electron chi connectivity index (χ4n) is 3.25. The van der Waals surface area contributed by atoms with Crippen LogP contribution in [0.4, 0.5) is 0 Å². The Kier molecular flexibility index (Phi) is 7.06. The molecule has 0 spiro atoms. The minimum atomic E-state index is -0.776. The molecule has 142 valence electrons. The second-order valence-electron chi connectivity index (χ2n) is 6.46. The van der Waals surface area contributed by atoms with Gasteiger partial charge < -0.3 is 19.7 Å². The van der Waals surface area contributed by atoms with Crippen molar-refractivity contribution < 1.29 is 19.4 Å². The van der Waals surface area contributed by atoms with Gasteiger partial charge in [0.2, 0.25) is 0 Å². The fraction of sp³-hybridized carbons (Fsp3) is 0.500. The summed E-state index contributed by atoms with van der Waals surface area (Å²) in [6.45, 7) is 5.50. The number of carboxylic acid groups (broad SMARTS) is 1. The molecule has 0 aliphatic carbocycles. The molecule has 1 amide bonds. The first kappa shape index (κ1) is 19.8. The number of unbranched alkanes of at least 4 members (excludes halogenated alkanes) is 2. The molecule has 1 heterocycles. The normalized spacial score (nSPS) is 10.9. The highest BCUT2D eigenvalue weighted by molar-refractivity contribution is 6.08. The number of aliphatic carboxylic acids is 1. The summed E-state index contributed by atoms with van der Waals surface area (Å²) >= 11 is 0. The number of carbonyl (C=O) groups is 2. The Bertz CT molecular complexity index is 780. The van der Waals surface area contributed by atoms with Gasteiger partial charge in [-0.25, -0.2) is 0 Å². The van der Waals surface area contributed by atoms with Crippen molar-refractivity contribution in [2.45, 2.75) is 52.5 Å². The topological polar surface area (TPSA) is 80.6 Å². The van der Waals surface area contributed by atoms with Gasteiger partial charge in [0, 0.05) is 36.1 Å². The number of rotatable bonds is 10. The molecular formula is C20H28N2O4. The number of hydrogen-bond acceptors (Lipinski definition) is 3. The van der Waals surface area contributed by atoms with Gasteiger partial charge in [0.05, 0.1) is 12.7 Å². The Morgan fingerprint density at radius 1 is 1.23 bits per heavy atom. The van der Waals surface area contributed by atoms with E-state index < -0.39 is 5.97 Å². The largest absolute Gasteiger partial charge is 0.497 e. The van der Waals surface area contributed by atoms with Gasteiger partial charge in [0.25, 0.3) is 5.91 Å². The number of nitrogens with zero attached hydrogens (tertiary/aromatic N) is 1. The lowest BCUT2D eigenvalue weighted by molar-refractivity contribution is -0.137. The van der Waals surface area contributed by atoms with E-state index in [1.807, 2.05) is 25.1 Å². The Hall–Kier alpha value is -2.50. The van der Waals surface area contributed by atoms with Crippen LogP contribution in [0.25, 0.3) is 10.9 Å². The molecular weight excluding hydrogens is 332 g/mol. The van der Waals surface area contributed by atoms with E-state index in [2.05, 4.69) is 16.8 Å². The quantitative estimate of drug-likeness (QED) is 0.633. The lowest BCUT2D eigenvalue weighted by Crippen LogP contribution is -2.25. The third-order valence-electron chi connectivity index (χ3n) is 4.56. The van der Waals surface area contributed by atoms with Gasteiger partial charge in [-0.1, -0.05) is 13.3 Å². The Labute approximate surface area is 154 Å². The number of hydrogen-bond donors (Lipinski definition) is 2. The predicted molar refractivity (Wildman–Crippen MR) is 102 cm³/mol. The molecule has 1 aromatic carbocycles. The summed E-state index contributed by atoms with van der Waals surface area (Å²) in [5.41, 5.74) is 2.69. The predicted octanol–water partition coefficient (Wildman–Crippen LogP) is 3.74. The number of aryl methyl sites for hydroxylation is 1. The van der Waals surface area contributed by atoms with Crippen molar-refractivity contribution in [3.05, 3.63) is 29.5 Å². The van der Waals surface area contributed by atoms with E-state index in [4.69, 9.17) is 9.84 Å². The van der Waals surface area contributed by atoms with Gasteiger partial charge in [-0.2, -0.15) is 0 Å². The summed E-state index contributed by atoms with van der Waals surface area (Å²) in [5, 5.41) is 12.5. The highest BCUT2D eigenvalue weighted by atomic mass is 16.5. The number of carbonyl (C=O) groups excluding carboxylic acids is 1. The molecule has 0 aliphatic heterocycles. The van der Waals surface area contributed by atoms with Gasteiger partial charge in [-0.3, -0.25) is 9.59 Å². The maximum absolute atomic E-state index is 12.8. The van der Waals surface area contributed by atoms with E-state index in [-0.39, 0.29) is 12.3 Å². The van der Waals surface area contributed by atoms with Crippen LogP contribution in [-0.2, 0) is 11.3 Å². The van der Waals surface area contributed by atoms with Gasteiger partial charge >= 0.3 is 5.97 Å². The summed E-state index contributed by atoms with van der Waals surface area (Å²) in [6.07, 6.45) is 3.36. The molecule has 0 fully saturated rings. The van der Waals surface area contributed by atoms with Gasteiger partial charge in [-0.05, 0) is 44.4 Å². The van der Waals surface area contributed by atoms with Crippen LogP contribution in [0.5, 0.6) is 5.75 Å². The van der Waals surface area contributed by atoms with Crippen LogP contribution in [0.1, 0.15) is 55.1 Å². The standard InChI is InChI=1S/C20H28N2O4/c1-4-12-22-14(2)19(16-13-15(26-3)9-10-17(16)22)20(25)21-11-7-5-6-8-18(23)24/h9-10,13H,4-8,11-12H2,1-3H3,(H,21,25)(H,23,24). The molecule has 0 atom stereocenters. The van der Waals surface area contributed by atoms with Crippen LogP contribution in [0.3, 0.4) is 0 Å². The number of nitrogens with one attached hydrogen (secondary N) is 1. The van der Waals surface area contributed by atoms with Crippen molar-refractivity contribution in [1.29, 1.82) is 0 Å². The molecule has 0 radical (unpaired) electrons. The highest BCUT2D eigenvalue weighted by Gasteiger charge is 2.20. The summed E-state index contributed by atoms with van der Waals surface area (Å²) in [7, 11) is 1.62. The van der Waals surface area contributed by atoms with Crippen molar-refractivity contribution in [2.75, 3.05) is 13.7 Å². The molecule has 0 bridgehead atoms. The van der Waals surface area contributed by atoms with Crippen LogP contribution in [0.15, 0.2) is 18.2 Å². The van der Waals surface area contributed by atoms with Crippen LogP contribution in [-0.4, -0.2) is 35.2 Å². The number of methoxy groups -OCH3 is 1. The summed E-state index contributed by atoms with van der Waals surface area (Å²) in [5.74, 6) is -0.134. The molecule has 26 heavy (non-hydrogen) atoms. The van der Waals surface area contributed by atoms with E-state index in [0.717, 1.165) is 48.2 Å². The zero-order chi connectivity index (χ0) is 19.1. The fourth-order valence-corrected chi connectivity index (χ4v) is 3.25. The first-order valence-electron chi connectivity index (χ1n) is 9.16. The summed E-state index contributed by atoms with van der Waals surface area (Å²) in [6, 6.07) is 5.83. The molecule has 0 unspecified atom stereocenters. The average molecular weight is 360 g/mol. The van der Waals surface area contributed by atoms with Crippen molar-refractivity contribution >= 4 is 22.8 Å². The van der Waals surface area contributed by atoms with E-state index in [1.165, 1.54) is 0 Å². The monoisotopic (exact) mass is 360 g/mol. The van der Waals surface area contributed by atoms with Crippen molar-refractivity contribution in [2.24, 2.45) is 0 Å². The van der Waals surface area contributed by atoms with Crippen molar-refractivity contribution in [3.8, 4) is 5.75 Å². The zero-order valence-corrected chi connectivity index (χ0v) is 15.8. The molecule has 2 aromatic rings. The van der Waals surface area contributed by atoms with Gasteiger partial charge in [-0.15, -0.1) is 0 Å². The van der Waals surface area contributed by atoms with E-state index in [0.29, 0.717) is 18.5 Å². The third kappa shape index (κ3) is 4.56. The minimum absolute atomic E-state index is 0.0890. The maximum atomic E-state index is 12.8. The van der Waals surface area contributed by atoms with E-state index in [1.54, 1.807) is 7.11 Å². The van der Waals surface area contributed by atoms with Crippen molar-refractivity contribution in [1.82, 2.24) is 9.88 Å². The highest BCUT2D eigenvalue weighted by Crippen LogP contribution is 2.29. The molecule has 2 N–H and O–H groups in total. The summed E-state index contributed by atoms with van der Waals surface area (Å²) < 4.78 is 7.50. The Morgan fingerprint density at radius 3 is 2.65 bits per heavy atom. The lowest BCUT2D eigenvalue weighted by Gasteiger charge is -2.07. The molecule has 6 heteroatoms. The molecule has 0 saturated carbocycles. The lowest BCUT2D eigenvalue weighted by atomic mass is 10.1. The van der Waals surface area contributed by atoms with Crippen LogP contribution in [0, 0.1) is 6.92 Å². The number of amides is 1. The third-order valence-corrected chi connectivity index (χ3v) is 4.56. The average Bonchev–Trinajstić information content (AvgIpc) is 2.89. The van der Waals surface area contributed by atoms with E-state index in [9.17, 15) is 9.59 Å². The molecule has 0 saturated heterocycles. The SMILES string of the molecule is CCCn1c(C)c(C(=O)NCCCCCC(=O)O)c2cc(OC)ccc21. The number of benzene rings is 1. The molecule has 0 aliphatic rings. The minimum Gasteiger partial charge on any atom is -0.497 e. The zero-order valence-electron chi connectivity index (χ0n) is 15.8. The number of fused-ring (bicyclic) bond motifs is 1. The molecule has 6 nitrogen and oxygen atoms in total. The Morgan fingerprint density at radius 2 is 2.00 bits per heavy atom. The number of aromatic nitrogens is 1. The Balaban J connectivity index is 2.15. The van der Waals surface area contributed by atoms with Gasteiger partial charge in [0.15, 0.2) is 0 Å².